The van der Waals surface area contributed by atoms with Crippen LogP contribution < -0.4 is 4.74 Å². The lowest BCUT2D eigenvalue weighted by molar-refractivity contribution is -0.138. The number of benzene rings is 2. The zero-order chi connectivity index (χ0) is 15.7. The highest BCUT2D eigenvalue weighted by molar-refractivity contribution is 6.17. The van der Waals surface area contributed by atoms with Crippen molar-refractivity contribution in [3.05, 3.63) is 64.7 Å². The fourth-order valence-electron chi connectivity index (χ4n) is 2.91. The summed E-state index contributed by atoms with van der Waals surface area (Å²) in [6, 6.07) is 11.2. The van der Waals surface area contributed by atoms with Crippen molar-refractivity contribution >= 4 is 11.6 Å². The van der Waals surface area contributed by atoms with Gasteiger partial charge in [0.15, 0.2) is 0 Å². The number of ether oxygens (including phenoxy) is 1. The molecule has 0 radical (unpaired) electrons. The highest BCUT2D eigenvalue weighted by atomic mass is 35.5. The summed E-state index contributed by atoms with van der Waals surface area (Å²) in [7, 11) is 0. The van der Waals surface area contributed by atoms with Crippen LogP contribution in [0.25, 0.3) is 0 Å². The molecule has 2 aromatic rings. The maximum absolute atomic E-state index is 13.3. The van der Waals surface area contributed by atoms with Crippen molar-refractivity contribution in [3.8, 4) is 5.75 Å². The van der Waals surface area contributed by atoms with Gasteiger partial charge in [-0.25, -0.2) is 0 Å². The number of hydrogen-bond donors (Lipinski definition) is 0. The van der Waals surface area contributed by atoms with Gasteiger partial charge in [0, 0.05) is 17.4 Å². The number of hydrogen-bond acceptors (Lipinski definition) is 1. The second kappa shape index (κ2) is 5.84. The third-order valence-electron chi connectivity index (χ3n) is 3.91. The summed E-state index contributed by atoms with van der Waals surface area (Å²) in [4.78, 5) is 0. The van der Waals surface area contributed by atoms with Crippen LogP contribution >= 0.6 is 11.6 Å². The molecule has 1 aliphatic heterocycles. The number of halogens is 4. The van der Waals surface area contributed by atoms with Crippen LogP contribution in [0.15, 0.2) is 42.5 Å². The molecule has 0 amide bonds. The van der Waals surface area contributed by atoms with Crippen molar-refractivity contribution in [3.63, 3.8) is 0 Å². The summed E-state index contributed by atoms with van der Waals surface area (Å²) in [5.74, 6) is 0.632. The van der Waals surface area contributed by atoms with Gasteiger partial charge in [-0.15, -0.1) is 11.6 Å². The first-order chi connectivity index (χ1) is 10.5. The van der Waals surface area contributed by atoms with Gasteiger partial charge in [0.25, 0.3) is 0 Å². The molecule has 3 rings (SSSR count). The molecule has 0 aliphatic carbocycles. The molecule has 0 aromatic heterocycles. The van der Waals surface area contributed by atoms with Crippen molar-refractivity contribution < 1.29 is 17.9 Å². The molecule has 2 aromatic carbocycles. The van der Waals surface area contributed by atoms with Crippen LogP contribution in [0.4, 0.5) is 13.2 Å². The Kier molecular flexibility index (Phi) is 4.04. The van der Waals surface area contributed by atoms with E-state index in [9.17, 15) is 13.2 Å². The zero-order valence-electron chi connectivity index (χ0n) is 11.7. The van der Waals surface area contributed by atoms with Crippen LogP contribution in [0.5, 0.6) is 5.75 Å². The van der Waals surface area contributed by atoms with Crippen molar-refractivity contribution in [1.29, 1.82) is 0 Å². The van der Waals surface area contributed by atoms with E-state index in [1.165, 1.54) is 6.07 Å². The van der Waals surface area contributed by atoms with Gasteiger partial charge < -0.3 is 4.74 Å². The van der Waals surface area contributed by atoms with Crippen molar-refractivity contribution in [2.75, 3.05) is 6.61 Å². The third kappa shape index (κ3) is 2.80. The van der Waals surface area contributed by atoms with Crippen molar-refractivity contribution in [1.82, 2.24) is 0 Å². The molecule has 1 atom stereocenters. The minimum Gasteiger partial charge on any atom is -0.493 e. The number of fused-ring (bicyclic) bond motifs is 1. The Morgan fingerprint density at radius 2 is 1.86 bits per heavy atom. The zero-order valence-corrected chi connectivity index (χ0v) is 12.4. The SMILES string of the molecule is FC(F)(F)c1ccccc1C1CCOc2ccc(CCl)cc21. The molecule has 22 heavy (non-hydrogen) atoms. The summed E-state index contributed by atoms with van der Waals surface area (Å²) >= 11 is 5.85. The smallest absolute Gasteiger partial charge is 0.416 e. The number of rotatable bonds is 2. The van der Waals surface area contributed by atoms with Gasteiger partial charge in [-0.1, -0.05) is 30.3 Å². The maximum atomic E-state index is 13.3. The number of alkyl halides is 4. The first kappa shape index (κ1) is 15.2. The van der Waals surface area contributed by atoms with Gasteiger partial charge in [-0.2, -0.15) is 13.2 Å². The minimum atomic E-state index is -4.36. The summed E-state index contributed by atoms with van der Waals surface area (Å²) in [5, 5.41) is 0. The lowest BCUT2D eigenvalue weighted by atomic mass is 9.83. The van der Waals surface area contributed by atoms with Crippen LogP contribution in [0.2, 0.25) is 0 Å². The van der Waals surface area contributed by atoms with E-state index in [0.29, 0.717) is 30.2 Å². The van der Waals surface area contributed by atoms with Crippen LogP contribution in [0, 0.1) is 0 Å². The van der Waals surface area contributed by atoms with E-state index in [1.54, 1.807) is 18.2 Å². The van der Waals surface area contributed by atoms with Crippen LogP contribution in [0.1, 0.15) is 34.6 Å². The molecule has 0 saturated heterocycles. The second-order valence-electron chi connectivity index (χ2n) is 5.28. The Labute approximate surface area is 131 Å². The normalized spacial score (nSPS) is 17.7. The highest BCUT2D eigenvalue weighted by Gasteiger charge is 2.36. The Morgan fingerprint density at radius 1 is 1.09 bits per heavy atom. The predicted octanol–water partition coefficient (Wildman–Crippen LogP) is 5.36. The topological polar surface area (TPSA) is 9.23 Å². The van der Waals surface area contributed by atoms with Gasteiger partial charge in [0.2, 0.25) is 0 Å². The van der Waals surface area contributed by atoms with Crippen molar-refractivity contribution in [2.24, 2.45) is 0 Å². The summed E-state index contributed by atoms with van der Waals surface area (Å²) in [6.45, 7) is 0.407. The largest absolute Gasteiger partial charge is 0.493 e. The molecule has 0 bridgehead atoms. The first-order valence-electron chi connectivity index (χ1n) is 6.98. The van der Waals surface area contributed by atoms with E-state index < -0.39 is 11.7 Å². The van der Waals surface area contributed by atoms with Gasteiger partial charge in [0.05, 0.1) is 12.2 Å². The monoisotopic (exact) mass is 326 g/mol. The highest BCUT2D eigenvalue weighted by Crippen LogP contribution is 2.43. The standard InChI is InChI=1S/C17H14ClF3O/c18-10-11-5-6-16-14(9-11)12(7-8-22-16)13-3-1-2-4-15(13)17(19,20)21/h1-6,9,12H,7-8,10H2. The Bertz CT molecular complexity index is 682. The van der Waals surface area contributed by atoms with E-state index in [2.05, 4.69) is 0 Å². The quantitative estimate of drug-likeness (QED) is 0.675. The minimum absolute atomic E-state index is 0.297. The molecule has 5 heteroatoms. The lowest BCUT2D eigenvalue weighted by Crippen LogP contribution is -2.19. The molecule has 1 unspecified atom stereocenters. The van der Waals surface area contributed by atoms with E-state index in [-0.39, 0.29) is 5.92 Å². The van der Waals surface area contributed by atoms with Crippen molar-refractivity contribution in [2.45, 2.75) is 24.4 Å². The van der Waals surface area contributed by atoms with Crippen LogP contribution in [0.3, 0.4) is 0 Å². The maximum Gasteiger partial charge on any atom is 0.416 e. The molecule has 0 saturated carbocycles. The van der Waals surface area contributed by atoms with Crippen LogP contribution in [-0.2, 0) is 12.1 Å². The van der Waals surface area contributed by atoms with Gasteiger partial charge in [0.1, 0.15) is 5.75 Å². The van der Waals surface area contributed by atoms with E-state index in [0.717, 1.165) is 17.2 Å². The summed E-state index contributed by atoms with van der Waals surface area (Å²) in [5.41, 5.74) is 1.37. The average molecular weight is 327 g/mol. The van der Waals surface area contributed by atoms with E-state index >= 15 is 0 Å². The fraction of sp³-hybridized carbons (Fsp3) is 0.294. The summed E-state index contributed by atoms with van der Waals surface area (Å²) in [6.07, 6.45) is -3.84. The van der Waals surface area contributed by atoms with Gasteiger partial charge >= 0.3 is 6.18 Å². The Morgan fingerprint density at radius 3 is 2.59 bits per heavy atom. The molecule has 1 heterocycles. The molecule has 1 aliphatic rings. The van der Waals surface area contributed by atoms with E-state index in [1.807, 2.05) is 12.1 Å². The second-order valence-corrected chi connectivity index (χ2v) is 5.55. The van der Waals surface area contributed by atoms with Gasteiger partial charge in [-0.3, -0.25) is 0 Å². The molecule has 0 N–H and O–H groups in total. The molecule has 0 fully saturated rings. The lowest BCUT2D eigenvalue weighted by Gasteiger charge is -2.28. The predicted molar refractivity (Wildman–Crippen MR) is 79.4 cm³/mol. The fourth-order valence-corrected chi connectivity index (χ4v) is 3.08. The molecular weight excluding hydrogens is 313 g/mol. The van der Waals surface area contributed by atoms with Crippen LogP contribution in [-0.4, -0.2) is 6.61 Å². The molecule has 0 spiro atoms. The van der Waals surface area contributed by atoms with Gasteiger partial charge in [-0.05, 0) is 29.7 Å². The van der Waals surface area contributed by atoms with E-state index in [4.69, 9.17) is 16.3 Å². The molecular formula is C17H14ClF3O. The Balaban J connectivity index is 2.12. The first-order valence-corrected chi connectivity index (χ1v) is 7.52. The Hall–Kier alpha value is -1.68. The summed E-state index contributed by atoms with van der Waals surface area (Å²) < 4.78 is 45.4. The molecule has 1 nitrogen and oxygen atoms in total. The third-order valence-corrected chi connectivity index (χ3v) is 4.22. The average Bonchev–Trinajstić information content (AvgIpc) is 2.53. The molecule has 116 valence electrons.